The molecule has 0 aromatic heterocycles. The second-order valence-corrected chi connectivity index (χ2v) is 6.01. The van der Waals surface area contributed by atoms with Crippen LogP contribution < -0.4 is 0 Å². The maximum absolute atomic E-state index is 2.34. The van der Waals surface area contributed by atoms with Gasteiger partial charge in [-0.05, 0) is 25.0 Å². The predicted octanol–water partition coefficient (Wildman–Crippen LogP) is 3.86. The molecule has 0 N–H and O–H groups in total. The Morgan fingerprint density at radius 2 is 1.73 bits per heavy atom. The Hall–Kier alpha value is 0.700. The molecule has 0 rings (SSSR count). The SMILES string of the molecule is CSCSC(C)CCC(C)C. The summed E-state index contributed by atoms with van der Waals surface area (Å²) in [5.41, 5.74) is 0. The average molecular weight is 192 g/mol. The van der Waals surface area contributed by atoms with Gasteiger partial charge in [0.2, 0.25) is 0 Å². The van der Waals surface area contributed by atoms with Crippen molar-refractivity contribution in [3.8, 4) is 0 Å². The van der Waals surface area contributed by atoms with Crippen LogP contribution in [-0.4, -0.2) is 16.6 Å². The van der Waals surface area contributed by atoms with Gasteiger partial charge >= 0.3 is 0 Å². The van der Waals surface area contributed by atoms with Gasteiger partial charge in [0, 0.05) is 10.3 Å². The van der Waals surface area contributed by atoms with Gasteiger partial charge in [0.1, 0.15) is 0 Å². The molecule has 0 nitrogen and oxygen atoms in total. The summed E-state index contributed by atoms with van der Waals surface area (Å²) < 4.78 is 0. The molecule has 0 aromatic rings. The molecule has 0 heterocycles. The van der Waals surface area contributed by atoms with Gasteiger partial charge in [0.05, 0.1) is 0 Å². The van der Waals surface area contributed by atoms with Crippen LogP contribution in [0.3, 0.4) is 0 Å². The zero-order valence-electron chi connectivity index (χ0n) is 8.09. The molecule has 0 aromatic carbocycles. The van der Waals surface area contributed by atoms with E-state index in [9.17, 15) is 0 Å². The molecular formula is C9H20S2. The fourth-order valence-corrected chi connectivity index (χ4v) is 2.61. The second kappa shape index (κ2) is 7.35. The van der Waals surface area contributed by atoms with Crippen LogP contribution in [0.1, 0.15) is 33.6 Å². The van der Waals surface area contributed by atoms with Crippen LogP contribution in [-0.2, 0) is 0 Å². The van der Waals surface area contributed by atoms with E-state index >= 15 is 0 Å². The minimum absolute atomic E-state index is 0.852. The fraction of sp³-hybridized carbons (Fsp3) is 1.00. The van der Waals surface area contributed by atoms with Crippen LogP contribution in [0.15, 0.2) is 0 Å². The van der Waals surface area contributed by atoms with E-state index in [1.807, 2.05) is 11.8 Å². The van der Waals surface area contributed by atoms with E-state index in [1.165, 1.54) is 17.9 Å². The molecule has 1 unspecified atom stereocenters. The van der Waals surface area contributed by atoms with Gasteiger partial charge in [-0.1, -0.05) is 20.8 Å². The van der Waals surface area contributed by atoms with Crippen LogP contribution in [0.4, 0.5) is 0 Å². The molecule has 0 amide bonds. The summed E-state index contributed by atoms with van der Waals surface area (Å²) in [5.74, 6) is 0.868. The maximum Gasteiger partial charge on any atom is 0.0392 e. The van der Waals surface area contributed by atoms with Gasteiger partial charge < -0.3 is 0 Å². The van der Waals surface area contributed by atoms with Gasteiger partial charge in [-0.3, -0.25) is 0 Å². The quantitative estimate of drug-likeness (QED) is 0.586. The summed E-state index contributed by atoms with van der Waals surface area (Å²) in [6.07, 6.45) is 4.92. The van der Waals surface area contributed by atoms with Crippen LogP contribution in [0.5, 0.6) is 0 Å². The lowest BCUT2D eigenvalue weighted by Crippen LogP contribution is -1.99. The molecule has 0 fully saturated rings. The third-order valence-corrected chi connectivity index (χ3v) is 3.91. The molecular weight excluding hydrogens is 172 g/mol. The Morgan fingerprint density at radius 1 is 1.09 bits per heavy atom. The summed E-state index contributed by atoms with van der Waals surface area (Å²) in [6, 6.07) is 0. The first-order valence-electron chi connectivity index (χ1n) is 4.27. The van der Waals surface area contributed by atoms with E-state index in [1.54, 1.807) is 0 Å². The summed E-state index contributed by atoms with van der Waals surface area (Å²) in [7, 11) is 0. The number of hydrogen-bond donors (Lipinski definition) is 0. The summed E-state index contributed by atoms with van der Waals surface area (Å²) in [6.45, 7) is 6.93. The van der Waals surface area contributed by atoms with Crippen molar-refractivity contribution >= 4 is 23.5 Å². The highest BCUT2D eigenvalue weighted by molar-refractivity contribution is 8.15. The van der Waals surface area contributed by atoms with E-state index in [0.29, 0.717) is 0 Å². The van der Waals surface area contributed by atoms with Crippen molar-refractivity contribution in [3.05, 3.63) is 0 Å². The van der Waals surface area contributed by atoms with Crippen molar-refractivity contribution in [1.82, 2.24) is 0 Å². The molecule has 0 bridgehead atoms. The first-order valence-corrected chi connectivity index (χ1v) is 6.71. The molecule has 0 radical (unpaired) electrons. The highest BCUT2D eigenvalue weighted by Gasteiger charge is 2.02. The van der Waals surface area contributed by atoms with Crippen LogP contribution >= 0.6 is 23.5 Å². The Kier molecular flexibility index (Phi) is 7.82. The van der Waals surface area contributed by atoms with Crippen molar-refractivity contribution in [1.29, 1.82) is 0 Å². The lowest BCUT2D eigenvalue weighted by atomic mass is 10.1. The van der Waals surface area contributed by atoms with Gasteiger partial charge in [-0.15, -0.1) is 11.8 Å². The van der Waals surface area contributed by atoms with Crippen LogP contribution in [0, 0.1) is 5.92 Å². The van der Waals surface area contributed by atoms with Gasteiger partial charge in [-0.25, -0.2) is 0 Å². The van der Waals surface area contributed by atoms with Crippen molar-refractivity contribution < 1.29 is 0 Å². The van der Waals surface area contributed by atoms with E-state index in [2.05, 4.69) is 38.8 Å². The first-order chi connectivity index (χ1) is 5.16. The summed E-state index contributed by atoms with van der Waals surface area (Å²) in [5, 5.41) is 2.10. The average Bonchev–Trinajstić information content (AvgIpc) is 1.97. The normalized spacial score (nSPS) is 13.9. The largest absolute Gasteiger partial charge is 0.154 e. The topological polar surface area (TPSA) is 0 Å². The molecule has 0 aliphatic carbocycles. The minimum Gasteiger partial charge on any atom is -0.154 e. The van der Waals surface area contributed by atoms with E-state index in [-0.39, 0.29) is 0 Å². The van der Waals surface area contributed by atoms with Crippen molar-refractivity contribution in [2.75, 3.05) is 11.3 Å². The lowest BCUT2D eigenvalue weighted by molar-refractivity contribution is 0.555. The summed E-state index contributed by atoms with van der Waals surface area (Å²) >= 11 is 4.01. The third kappa shape index (κ3) is 8.61. The molecule has 68 valence electrons. The molecule has 2 heteroatoms. The highest BCUT2D eigenvalue weighted by Crippen LogP contribution is 2.21. The Bertz CT molecular complexity index is 81.6. The lowest BCUT2D eigenvalue weighted by Gasteiger charge is -2.11. The maximum atomic E-state index is 2.34. The zero-order chi connectivity index (χ0) is 8.69. The molecule has 11 heavy (non-hydrogen) atoms. The molecule has 1 atom stereocenters. The van der Waals surface area contributed by atoms with Crippen molar-refractivity contribution in [2.45, 2.75) is 38.9 Å². The van der Waals surface area contributed by atoms with Gasteiger partial charge in [0.25, 0.3) is 0 Å². The molecule has 0 saturated heterocycles. The Labute approximate surface area is 79.9 Å². The first kappa shape index (κ1) is 11.7. The monoisotopic (exact) mass is 192 g/mol. The second-order valence-electron chi connectivity index (χ2n) is 3.36. The molecule has 0 spiro atoms. The fourth-order valence-electron chi connectivity index (χ4n) is 0.836. The summed E-state index contributed by atoms with van der Waals surface area (Å²) in [4.78, 5) is 0. The predicted molar refractivity (Wildman–Crippen MR) is 59.5 cm³/mol. The van der Waals surface area contributed by atoms with E-state index in [4.69, 9.17) is 0 Å². The van der Waals surface area contributed by atoms with Crippen molar-refractivity contribution in [2.24, 2.45) is 5.92 Å². The minimum atomic E-state index is 0.852. The van der Waals surface area contributed by atoms with Gasteiger partial charge in [0.15, 0.2) is 0 Å². The molecule has 0 aliphatic heterocycles. The van der Waals surface area contributed by atoms with Crippen LogP contribution in [0.25, 0.3) is 0 Å². The number of rotatable bonds is 6. The Morgan fingerprint density at radius 3 is 2.18 bits per heavy atom. The molecule has 0 aliphatic rings. The van der Waals surface area contributed by atoms with E-state index in [0.717, 1.165) is 11.2 Å². The van der Waals surface area contributed by atoms with Crippen LogP contribution in [0.2, 0.25) is 0 Å². The third-order valence-electron chi connectivity index (χ3n) is 1.62. The standard InChI is InChI=1S/C9H20S2/c1-8(2)5-6-9(3)11-7-10-4/h8-9H,5-7H2,1-4H3. The smallest absolute Gasteiger partial charge is 0.0392 e. The van der Waals surface area contributed by atoms with Crippen molar-refractivity contribution in [3.63, 3.8) is 0 Å². The number of hydrogen-bond acceptors (Lipinski definition) is 2. The molecule has 0 saturated carbocycles. The number of thioether (sulfide) groups is 2. The Balaban J connectivity index is 3.15. The zero-order valence-corrected chi connectivity index (χ0v) is 9.73. The van der Waals surface area contributed by atoms with Gasteiger partial charge in [-0.2, -0.15) is 11.8 Å². The van der Waals surface area contributed by atoms with E-state index < -0.39 is 0 Å². The highest BCUT2D eigenvalue weighted by atomic mass is 32.2.